The molecule has 3 heterocycles. The number of nitrogens with one attached hydrogen (secondary N) is 1. The minimum atomic E-state index is -1.25. The molecule has 3 aromatic carbocycles. The van der Waals surface area contributed by atoms with Crippen molar-refractivity contribution in [2.75, 3.05) is 24.7 Å². The van der Waals surface area contributed by atoms with E-state index in [1.165, 1.54) is 24.3 Å². The Morgan fingerprint density at radius 2 is 1.77 bits per heavy atom. The first kappa shape index (κ1) is 25.0. The number of carbonyl (C=O) groups excluding carboxylic acids is 2. The maximum Gasteiger partial charge on any atom is 0.332 e. The molecule has 0 saturated carbocycles. The predicted octanol–water partition coefficient (Wildman–Crippen LogP) is 6.32. The van der Waals surface area contributed by atoms with E-state index in [-0.39, 0.29) is 18.4 Å². The number of hydrogen-bond acceptors (Lipinski definition) is 4. The van der Waals surface area contributed by atoms with E-state index in [2.05, 4.69) is 11.9 Å². The highest BCUT2D eigenvalue weighted by molar-refractivity contribution is 6.23. The third-order valence-corrected chi connectivity index (χ3v) is 7.74. The monoisotopic (exact) mass is 527 g/mol. The summed E-state index contributed by atoms with van der Waals surface area (Å²) >= 11 is 0. The molecule has 4 aromatic rings. The van der Waals surface area contributed by atoms with Gasteiger partial charge in [0.1, 0.15) is 5.82 Å². The molecule has 0 bridgehead atoms. The molecule has 1 N–H and O–H groups in total. The number of aromatic nitrogens is 1. The van der Waals surface area contributed by atoms with E-state index in [0.717, 1.165) is 33.4 Å². The maximum absolute atomic E-state index is 14.0. The van der Waals surface area contributed by atoms with Gasteiger partial charge in [-0.3, -0.25) is 4.79 Å². The summed E-state index contributed by atoms with van der Waals surface area (Å²) in [6.07, 6.45) is 0.878. The Morgan fingerprint density at radius 1 is 1.00 bits per heavy atom. The molecule has 2 aliphatic rings. The molecule has 1 saturated heterocycles. The number of nitrogens with zero attached hydrogens (tertiary/aromatic N) is 2. The minimum Gasteiger partial charge on any atom is -0.490 e. The number of halogens is 1. The van der Waals surface area contributed by atoms with Crippen LogP contribution in [0.3, 0.4) is 0 Å². The van der Waals surface area contributed by atoms with Crippen molar-refractivity contribution in [2.24, 2.45) is 0 Å². The van der Waals surface area contributed by atoms with Gasteiger partial charge in [0, 0.05) is 23.4 Å². The molecule has 1 aromatic heterocycles. The van der Waals surface area contributed by atoms with Gasteiger partial charge in [0.05, 0.1) is 24.6 Å². The lowest BCUT2D eigenvalue weighted by molar-refractivity contribution is -0.125. The van der Waals surface area contributed by atoms with Gasteiger partial charge < -0.3 is 19.4 Å². The second-order valence-electron chi connectivity index (χ2n) is 10.1. The number of para-hydroxylation sites is 1. The van der Waals surface area contributed by atoms with Gasteiger partial charge in [-0.25, -0.2) is 14.1 Å². The van der Waals surface area contributed by atoms with Crippen molar-refractivity contribution >= 4 is 28.5 Å². The van der Waals surface area contributed by atoms with Gasteiger partial charge in [0.25, 0.3) is 5.91 Å². The van der Waals surface area contributed by atoms with Gasteiger partial charge in [-0.1, -0.05) is 31.2 Å². The van der Waals surface area contributed by atoms with Crippen LogP contribution in [0.2, 0.25) is 0 Å². The first-order valence-electron chi connectivity index (χ1n) is 13.3. The van der Waals surface area contributed by atoms with Gasteiger partial charge in [-0.2, -0.15) is 0 Å². The molecule has 6 rings (SSSR count). The van der Waals surface area contributed by atoms with Crippen LogP contribution in [0.25, 0.3) is 10.9 Å². The van der Waals surface area contributed by atoms with Crippen LogP contribution in [0.15, 0.2) is 66.7 Å². The summed E-state index contributed by atoms with van der Waals surface area (Å²) in [5.74, 6) is 0.292. The molecular weight excluding hydrogens is 497 g/mol. The maximum atomic E-state index is 14.0. The molecule has 2 atom stereocenters. The summed E-state index contributed by atoms with van der Waals surface area (Å²) in [5.41, 5.74) is 2.61. The second-order valence-corrected chi connectivity index (χ2v) is 10.1. The first-order valence-corrected chi connectivity index (χ1v) is 13.3. The average molecular weight is 528 g/mol. The van der Waals surface area contributed by atoms with Crippen LogP contribution in [0.5, 0.6) is 11.5 Å². The Labute approximate surface area is 226 Å². The Hall–Kier alpha value is -4.33. The molecular formula is C31H30FN3O4. The summed E-state index contributed by atoms with van der Waals surface area (Å²) in [4.78, 5) is 34.2. The molecule has 200 valence electrons. The number of H-pyrrole nitrogens is 1. The highest BCUT2D eigenvalue weighted by Crippen LogP contribution is 2.51. The number of benzene rings is 3. The zero-order chi connectivity index (χ0) is 27.3. The fourth-order valence-electron chi connectivity index (χ4n) is 5.85. The Morgan fingerprint density at radius 3 is 2.51 bits per heavy atom. The number of ether oxygens (including phenoxy) is 2. The third kappa shape index (κ3) is 3.77. The number of rotatable bonds is 7. The van der Waals surface area contributed by atoms with Crippen molar-refractivity contribution in [2.45, 2.75) is 38.6 Å². The lowest BCUT2D eigenvalue weighted by Gasteiger charge is -2.40. The minimum absolute atomic E-state index is 0.228. The fourth-order valence-corrected chi connectivity index (χ4v) is 5.85. The number of aromatic amines is 1. The zero-order valence-electron chi connectivity index (χ0n) is 22.2. The number of urea groups is 1. The third-order valence-electron chi connectivity index (χ3n) is 7.74. The van der Waals surface area contributed by atoms with Gasteiger partial charge in [0.15, 0.2) is 17.0 Å². The van der Waals surface area contributed by atoms with Crippen LogP contribution in [-0.4, -0.2) is 41.6 Å². The van der Waals surface area contributed by atoms with Crippen molar-refractivity contribution in [1.82, 2.24) is 9.88 Å². The smallest absolute Gasteiger partial charge is 0.332 e. The Bertz CT molecular complexity index is 1580. The van der Waals surface area contributed by atoms with E-state index >= 15 is 0 Å². The summed E-state index contributed by atoms with van der Waals surface area (Å²) in [7, 11) is 0. The second kappa shape index (κ2) is 9.45. The Balaban J connectivity index is 1.52. The number of carbonyl (C=O) groups is 2. The molecule has 0 radical (unpaired) electrons. The topological polar surface area (TPSA) is 74.9 Å². The number of anilines is 1. The largest absolute Gasteiger partial charge is 0.490 e. The molecule has 39 heavy (non-hydrogen) atoms. The average Bonchev–Trinajstić information content (AvgIpc) is 3.42. The zero-order valence-corrected chi connectivity index (χ0v) is 22.2. The summed E-state index contributed by atoms with van der Waals surface area (Å²) < 4.78 is 25.5. The number of fused-ring (bicyclic) bond motifs is 5. The van der Waals surface area contributed by atoms with Crippen LogP contribution in [0, 0.1) is 5.82 Å². The van der Waals surface area contributed by atoms with E-state index < -0.39 is 17.4 Å². The lowest BCUT2D eigenvalue weighted by Crippen LogP contribution is -2.50. The molecule has 3 amide bonds. The van der Waals surface area contributed by atoms with Gasteiger partial charge >= 0.3 is 6.03 Å². The standard InChI is InChI=1S/C31H30FN3O4/c1-4-16-39-25-15-10-19(17-26(25)38-5-2)23-18-34-30(37)35(21-13-11-20(32)12-14-21)29(36)31(34,3)28-27(23)22-8-6-7-9-24(22)33-28/h6-15,17,23,33H,4-5,16,18H2,1-3H3. The van der Waals surface area contributed by atoms with Crippen LogP contribution in [0.1, 0.15) is 49.9 Å². The van der Waals surface area contributed by atoms with Crippen LogP contribution >= 0.6 is 0 Å². The van der Waals surface area contributed by atoms with Crippen LogP contribution < -0.4 is 14.4 Å². The van der Waals surface area contributed by atoms with E-state index in [4.69, 9.17) is 9.47 Å². The van der Waals surface area contributed by atoms with Crippen LogP contribution in [-0.2, 0) is 10.3 Å². The highest BCUT2D eigenvalue weighted by atomic mass is 19.1. The lowest BCUT2D eigenvalue weighted by atomic mass is 9.78. The summed E-state index contributed by atoms with van der Waals surface area (Å²) in [6, 6.07) is 18.8. The van der Waals surface area contributed by atoms with Crippen molar-refractivity contribution < 1.29 is 23.5 Å². The van der Waals surface area contributed by atoms with Crippen molar-refractivity contribution in [3.8, 4) is 11.5 Å². The van der Waals surface area contributed by atoms with E-state index in [1.54, 1.807) is 11.8 Å². The van der Waals surface area contributed by atoms with E-state index in [1.807, 2.05) is 49.4 Å². The van der Waals surface area contributed by atoms with Crippen molar-refractivity contribution in [1.29, 1.82) is 0 Å². The SMILES string of the molecule is CCCOc1ccc(C2CN3C(=O)N(c4ccc(F)cc4)C(=O)C3(C)c3[nH]c4ccccc4c32)cc1OCC. The molecule has 2 unspecified atom stereocenters. The van der Waals surface area contributed by atoms with Crippen molar-refractivity contribution in [3.05, 3.63) is 89.4 Å². The van der Waals surface area contributed by atoms with Gasteiger partial charge in [0.2, 0.25) is 0 Å². The van der Waals surface area contributed by atoms with E-state index in [0.29, 0.717) is 36.1 Å². The van der Waals surface area contributed by atoms with Gasteiger partial charge in [-0.05, 0) is 73.9 Å². The summed E-state index contributed by atoms with van der Waals surface area (Å²) in [5, 5.41) is 1.00. The number of amides is 3. The number of hydrogen-bond donors (Lipinski definition) is 1. The van der Waals surface area contributed by atoms with Gasteiger partial charge in [-0.15, -0.1) is 0 Å². The molecule has 1 fully saturated rings. The molecule has 0 spiro atoms. The molecule has 0 aliphatic carbocycles. The highest BCUT2D eigenvalue weighted by Gasteiger charge is 2.60. The fraction of sp³-hybridized carbons (Fsp3) is 0.290. The predicted molar refractivity (Wildman–Crippen MR) is 147 cm³/mol. The quantitative estimate of drug-likeness (QED) is 0.285. The normalized spacial score (nSPS) is 20.4. The van der Waals surface area contributed by atoms with Crippen LogP contribution in [0.4, 0.5) is 14.9 Å². The molecule has 7 nitrogen and oxygen atoms in total. The summed E-state index contributed by atoms with van der Waals surface area (Å²) in [6.45, 7) is 7.12. The molecule has 2 aliphatic heterocycles. The Kier molecular flexibility index (Phi) is 6.05. The van der Waals surface area contributed by atoms with Crippen molar-refractivity contribution in [3.63, 3.8) is 0 Å². The first-order chi connectivity index (χ1) is 18.9. The van der Waals surface area contributed by atoms with E-state index in [9.17, 15) is 14.0 Å². The molecule has 8 heteroatoms. The number of imide groups is 1.